The molecule has 2 aromatic rings. The Labute approximate surface area is 135 Å². The van der Waals surface area contributed by atoms with Crippen molar-refractivity contribution in [3.8, 4) is 0 Å². The Hall–Kier alpha value is -2.92. The number of aromatic nitrogens is 3. The van der Waals surface area contributed by atoms with Crippen LogP contribution < -0.4 is 17.0 Å². The minimum atomic E-state index is -1.40. The number of anilines is 1. The molecule has 0 aromatic carbocycles. The second kappa shape index (κ2) is 7.10. The highest BCUT2D eigenvalue weighted by molar-refractivity contribution is 5.85. The standard InChI is InChI=1S/C13H18N6O5/c14-2-4-19(8(6-20)12(23)24)9(21)5-18-3-1-7-10(18)16-13(15)17-11(7)22/h1,3,8,20H,2,4-6,14H2,(H,23,24)(H3,15,16,17,22). The van der Waals surface area contributed by atoms with Crippen molar-refractivity contribution in [3.05, 3.63) is 22.6 Å². The van der Waals surface area contributed by atoms with Crippen molar-refractivity contribution < 1.29 is 19.8 Å². The van der Waals surface area contributed by atoms with Gasteiger partial charge in [0.1, 0.15) is 12.2 Å². The maximum Gasteiger partial charge on any atom is 0.328 e. The van der Waals surface area contributed by atoms with E-state index in [0.29, 0.717) is 0 Å². The Kier molecular flexibility index (Phi) is 5.16. The zero-order valence-corrected chi connectivity index (χ0v) is 12.7. The van der Waals surface area contributed by atoms with Crippen LogP contribution in [0.1, 0.15) is 0 Å². The molecule has 0 radical (unpaired) electrons. The maximum atomic E-state index is 12.4. The zero-order chi connectivity index (χ0) is 17.9. The normalized spacial score (nSPS) is 12.2. The molecule has 1 unspecified atom stereocenters. The average molecular weight is 338 g/mol. The van der Waals surface area contributed by atoms with Gasteiger partial charge in [-0.05, 0) is 6.07 Å². The lowest BCUT2D eigenvalue weighted by Gasteiger charge is -2.27. The lowest BCUT2D eigenvalue weighted by molar-refractivity contribution is -0.152. The van der Waals surface area contributed by atoms with Gasteiger partial charge in [0.2, 0.25) is 11.9 Å². The topological polar surface area (TPSA) is 181 Å². The lowest BCUT2D eigenvalue weighted by Crippen LogP contribution is -2.50. The summed E-state index contributed by atoms with van der Waals surface area (Å²) >= 11 is 0. The SMILES string of the molecule is NCCN(C(=O)Cn1ccc2c(=O)[nH]c(N)nc21)C(CO)C(=O)O. The molecule has 2 heterocycles. The van der Waals surface area contributed by atoms with Crippen molar-refractivity contribution in [2.24, 2.45) is 5.73 Å². The van der Waals surface area contributed by atoms with Crippen LogP contribution in [-0.2, 0) is 16.1 Å². The number of nitrogen functional groups attached to an aromatic ring is 1. The van der Waals surface area contributed by atoms with Crippen molar-refractivity contribution >= 4 is 28.9 Å². The molecule has 0 aliphatic heterocycles. The summed E-state index contributed by atoms with van der Waals surface area (Å²) in [5, 5.41) is 18.6. The third-order valence-corrected chi connectivity index (χ3v) is 3.48. The van der Waals surface area contributed by atoms with Gasteiger partial charge < -0.3 is 31.1 Å². The molecule has 0 fully saturated rings. The highest BCUT2D eigenvalue weighted by atomic mass is 16.4. The second-order valence-corrected chi connectivity index (χ2v) is 5.04. The van der Waals surface area contributed by atoms with Gasteiger partial charge in [-0.25, -0.2) is 4.79 Å². The van der Waals surface area contributed by atoms with Crippen LogP contribution in [0.3, 0.4) is 0 Å². The van der Waals surface area contributed by atoms with E-state index >= 15 is 0 Å². The fourth-order valence-electron chi connectivity index (χ4n) is 2.36. The predicted molar refractivity (Wildman–Crippen MR) is 84.0 cm³/mol. The van der Waals surface area contributed by atoms with Gasteiger partial charge in [-0.3, -0.25) is 14.6 Å². The number of H-pyrrole nitrogens is 1. The summed E-state index contributed by atoms with van der Waals surface area (Å²) in [5.74, 6) is -2.02. The summed E-state index contributed by atoms with van der Waals surface area (Å²) in [4.78, 5) is 42.7. The molecule has 7 N–H and O–H groups in total. The number of nitrogens with one attached hydrogen (secondary N) is 1. The maximum absolute atomic E-state index is 12.4. The van der Waals surface area contributed by atoms with Gasteiger partial charge in [-0.2, -0.15) is 4.98 Å². The number of fused-ring (bicyclic) bond motifs is 1. The van der Waals surface area contributed by atoms with E-state index in [1.54, 1.807) is 0 Å². The Bertz CT molecular complexity index is 813. The van der Waals surface area contributed by atoms with E-state index < -0.39 is 30.1 Å². The molecule has 24 heavy (non-hydrogen) atoms. The van der Waals surface area contributed by atoms with Crippen LogP contribution in [0, 0.1) is 0 Å². The molecule has 0 aliphatic rings. The number of nitrogens with zero attached hydrogens (tertiary/aromatic N) is 3. The summed E-state index contributed by atoms with van der Waals surface area (Å²) in [5.41, 5.74) is 10.7. The zero-order valence-electron chi connectivity index (χ0n) is 12.7. The number of amides is 1. The van der Waals surface area contributed by atoms with Gasteiger partial charge in [0, 0.05) is 19.3 Å². The van der Waals surface area contributed by atoms with E-state index in [1.165, 1.54) is 16.8 Å². The molecule has 1 atom stereocenters. The number of nitrogens with two attached hydrogens (primary N) is 2. The van der Waals surface area contributed by atoms with Crippen molar-refractivity contribution in [2.75, 3.05) is 25.4 Å². The minimum Gasteiger partial charge on any atom is -0.480 e. The Morgan fingerprint density at radius 1 is 1.46 bits per heavy atom. The van der Waals surface area contributed by atoms with E-state index in [2.05, 4.69) is 9.97 Å². The third kappa shape index (κ3) is 3.36. The van der Waals surface area contributed by atoms with E-state index in [9.17, 15) is 19.5 Å². The number of aromatic amines is 1. The molecule has 0 bridgehead atoms. The van der Waals surface area contributed by atoms with Crippen LogP contribution in [0.25, 0.3) is 11.0 Å². The number of carbonyl (C=O) groups is 2. The molecule has 130 valence electrons. The molecule has 2 aromatic heterocycles. The number of carboxylic acid groups (broad SMARTS) is 1. The number of hydrogen-bond acceptors (Lipinski definition) is 7. The molecular formula is C13H18N6O5. The van der Waals surface area contributed by atoms with E-state index in [4.69, 9.17) is 16.6 Å². The fraction of sp³-hybridized carbons (Fsp3) is 0.385. The molecule has 11 heteroatoms. The van der Waals surface area contributed by atoms with Gasteiger partial charge in [0.15, 0.2) is 6.04 Å². The summed E-state index contributed by atoms with van der Waals surface area (Å²) in [6, 6.07) is 0.0753. The van der Waals surface area contributed by atoms with Crippen molar-refractivity contribution in [3.63, 3.8) is 0 Å². The van der Waals surface area contributed by atoms with Gasteiger partial charge in [0.05, 0.1) is 12.0 Å². The molecule has 2 rings (SSSR count). The molecule has 0 aliphatic carbocycles. The molecule has 0 spiro atoms. The summed E-state index contributed by atoms with van der Waals surface area (Å²) in [7, 11) is 0. The van der Waals surface area contributed by atoms with Crippen LogP contribution in [0.15, 0.2) is 17.1 Å². The van der Waals surface area contributed by atoms with Crippen LogP contribution in [0.5, 0.6) is 0 Å². The van der Waals surface area contributed by atoms with E-state index in [1.807, 2.05) is 0 Å². The third-order valence-electron chi connectivity index (χ3n) is 3.48. The van der Waals surface area contributed by atoms with Gasteiger partial charge >= 0.3 is 5.97 Å². The van der Waals surface area contributed by atoms with Crippen LogP contribution >= 0.6 is 0 Å². The molecule has 0 saturated heterocycles. The van der Waals surface area contributed by atoms with E-state index in [0.717, 1.165) is 4.90 Å². The second-order valence-electron chi connectivity index (χ2n) is 5.04. The van der Waals surface area contributed by atoms with Crippen molar-refractivity contribution in [2.45, 2.75) is 12.6 Å². The van der Waals surface area contributed by atoms with Crippen LogP contribution in [0.4, 0.5) is 5.95 Å². The number of aliphatic hydroxyl groups excluding tert-OH is 1. The van der Waals surface area contributed by atoms with Gasteiger partial charge in [-0.1, -0.05) is 0 Å². The fourth-order valence-corrected chi connectivity index (χ4v) is 2.36. The highest BCUT2D eigenvalue weighted by Crippen LogP contribution is 2.11. The Morgan fingerprint density at radius 2 is 2.17 bits per heavy atom. The monoisotopic (exact) mass is 338 g/mol. The predicted octanol–water partition coefficient (Wildman–Crippen LogP) is -2.46. The summed E-state index contributed by atoms with van der Waals surface area (Å²) in [6.45, 7) is -1.01. The first kappa shape index (κ1) is 17.4. The average Bonchev–Trinajstić information content (AvgIpc) is 2.90. The number of carboxylic acids is 1. The molecule has 11 nitrogen and oxygen atoms in total. The number of aliphatic hydroxyl groups is 1. The van der Waals surface area contributed by atoms with Gasteiger partial charge in [-0.15, -0.1) is 0 Å². The quantitative estimate of drug-likeness (QED) is 0.368. The number of carbonyl (C=O) groups excluding carboxylic acids is 1. The largest absolute Gasteiger partial charge is 0.480 e. The number of hydrogen-bond donors (Lipinski definition) is 5. The van der Waals surface area contributed by atoms with Crippen LogP contribution in [-0.4, -0.2) is 67.3 Å². The van der Waals surface area contributed by atoms with Gasteiger partial charge in [0.25, 0.3) is 5.56 Å². The lowest BCUT2D eigenvalue weighted by atomic mass is 10.2. The Morgan fingerprint density at radius 3 is 2.75 bits per heavy atom. The molecule has 0 saturated carbocycles. The smallest absolute Gasteiger partial charge is 0.328 e. The van der Waals surface area contributed by atoms with E-state index in [-0.39, 0.29) is 36.6 Å². The first-order valence-corrected chi connectivity index (χ1v) is 7.06. The first-order valence-electron chi connectivity index (χ1n) is 7.06. The Balaban J connectivity index is 2.33. The summed E-state index contributed by atoms with van der Waals surface area (Å²) in [6.07, 6.45) is 1.47. The summed E-state index contributed by atoms with van der Waals surface area (Å²) < 4.78 is 1.38. The molecule has 1 amide bonds. The van der Waals surface area contributed by atoms with Crippen molar-refractivity contribution in [1.82, 2.24) is 19.4 Å². The number of aliphatic carboxylic acids is 1. The van der Waals surface area contributed by atoms with Crippen molar-refractivity contribution in [1.29, 1.82) is 0 Å². The first-order chi connectivity index (χ1) is 11.4. The molecular weight excluding hydrogens is 320 g/mol. The number of rotatable bonds is 7. The highest BCUT2D eigenvalue weighted by Gasteiger charge is 2.28. The van der Waals surface area contributed by atoms with Crippen LogP contribution in [0.2, 0.25) is 0 Å². The minimum absolute atomic E-state index is 0.0345.